The summed E-state index contributed by atoms with van der Waals surface area (Å²) >= 11 is 0. The van der Waals surface area contributed by atoms with Crippen molar-refractivity contribution in [3.8, 4) is 0 Å². The zero-order chi connectivity index (χ0) is 12.6. The number of ether oxygens (including phenoxy) is 1. The second-order valence-corrected chi connectivity index (χ2v) is 6.76. The summed E-state index contributed by atoms with van der Waals surface area (Å²) in [5, 5.41) is 3.19. The minimum atomic E-state index is -2.87. The molecular weight excluding hydrogens is 226 g/mol. The first-order valence-corrected chi connectivity index (χ1v) is 7.90. The Kier molecular flexibility index (Phi) is 7.97. The zero-order valence-electron chi connectivity index (χ0n) is 10.8. The molecule has 0 saturated heterocycles. The molecule has 0 aromatic carbocycles. The van der Waals surface area contributed by atoms with Gasteiger partial charge < -0.3 is 10.1 Å². The fraction of sp³-hybridized carbons (Fsp3) is 1.00. The predicted octanol–water partition coefficient (Wildman–Crippen LogP) is 1.21. The number of hydrogen-bond acceptors (Lipinski definition) is 4. The molecule has 0 aromatic heterocycles. The Hall–Kier alpha value is -0.130. The first kappa shape index (κ1) is 15.9. The highest BCUT2D eigenvalue weighted by molar-refractivity contribution is 7.90. The Balaban J connectivity index is 3.38. The number of sulfone groups is 1. The van der Waals surface area contributed by atoms with Gasteiger partial charge in [-0.2, -0.15) is 0 Å². The van der Waals surface area contributed by atoms with Crippen LogP contribution in [0.3, 0.4) is 0 Å². The quantitative estimate of drug-likeness (QED) is 0.626. The van der Waals surface area contributed by atoms with Crippen LogP contribution < -0.4 is 5.32 Å². The van der Waals surface area contributed by atoms with Gasteiger partial charge in [0.05, 0.1) is 11.9 Å². The normalized spacial score (nSPS) is 14.3. The fourth-order valence-electron chi connectivity index (χ4n) is 1.41. The Labute approximate surface area is 99.7 Å². The molecular formula is C11H25NO3S. The maximum absolute atomic E-state index is 11.0. The lowest BCUT2D eigenvalue weighted by atomic mass is 10.3. The average Bonchev–Trinajstić information content (AvgIpc) is 2.07. The van der Waals surface area contributed by atoms with Crippen LogP contribution in [-0.4, -0.2) is 45.7 Å². The average molecular weight is 251 g/mol. The molecule has 1 N–H and O–H groups in total. The van der Waals surface area contributed by atoms with Crippen LogP contribution >= 0.6 is 0 Å². The van der Waals surface area contributed by atoms with Gasteiger partial charge in [-0.15, -0.1) is 0 Å². The number of unbranched alkanes of at least 4 members (excludes halogenated alkanes) is 1. The molecule has 0 fully saturated rings. The van der Waals surface area contributed by atoms with Crippen molar-refractivity contribution in [3.05, 3.63) is 0 Å². The van der Waals surface area contributed by atoms with Gasteiger partial charge in [0.1, 0.15) is 9.84 Å². The van der Waals surface area contributed by atoms with E-state index in [0.717, 1.165) is 26.0 Å². The predicted molar refractivity (Wildman–Crippen MR) is 67.5 cm³/mol. The molecule has 4 nitrogen and oxygen atoms in total. The zero-order valence-corrected chi connectivity index (χ0v) is 11.6. The lowest BCUT2D eigenvalue weighted by Crippen LogP contribution is -2.33. The molecule has 16 heavy (non-hydrogen) atoms. The molecule has 0 saturated carbocycles. The SMILES string of the molecule is CC(CS(C)(=O)=O)NCCCCOC(C)C. The Morgan fingerprint density at radius 2 is 1.81 bits per heavy atom. The minimum Gasteiger partial charge on any atom is -0.379 e. The van der Waals surface area contributed by atoms with Crippen molar-refractivity contribution in [2.75, 3.05) is 25.2 Å². The topological polar surface area (TPSA) is 55.4 Å². The third-order valence-electron chi connectivity index (χ3n) is 2.07. The van der Waals surface area contributed by atoms with E-state index in [1.807, 2.05) is 20.8 Å². The maximum Gasteiger partial charge on any atom is 0.148 e. The Bertz CT molecular complexity index is 262. The summed E-state index contributed by atoms with van der Waals surface area (Å²) in [4.78, 5) is 0. The van der Waals surface area contributed by atoms with Gasteiger partial charge >= 0.3 is 0 Å². The lowest BCUT2D eigenvalue weighted by molar-refractivity contribution is 0.0760. The van der Waals surface area contributed by atoms with E-state index in [1.54, 1.807) is 0 Å². The summed E-state index contributed by atoms with van der Waals surface area (Å²) in [6.45, 7) is 7.56. The van der Waals surface area contributed by atoms with Crippen LogP contribution in [0, 0.1) is 0 Å². The van der Waals surface area contributed by atoms with Crippen LogP contribution in [0.2, 0.25) is 0 Å². The fourth-order valence-corrected chi connectivity index (χ4v) is 2.43. The molecule has 0 aromatic rings. The summed E-state index contributed by atoms with van der Waals surface area (Å²) < 4.78 is 27.4. The summed E-state index contributed by atoms with van der Waals surface area (Å²) in [5.41, 5.74) is 0. The second kappa shape index (κ2) is 8.03. The third-order valence-corrected chi connectivity index (χ3v) is 3.17. The van der Waals surface area contributed by atoms with Gasteiger partial charge in [0, 0.05) is 18.9 Å². The smallest absolute Gasteiger partial charge is 0.148 e. The molecule has 0 heterocycles. The van der Waals surface area contributed by atoms with Crippen molar-refractivity contribution in [1.29, 1.82) is 0 Å². The first-order valence-electron chi connectivity index (χ1n) is 5.84. The van der Waals surface area contributed by atoms with Crippen molar-refractivity contribution in [2.24, 2.45) is 0 Å². The van der Waals surface area contributed by atoms with E-state index >= 15 is 0 Å². The summed E-state index contributed by atoms with van der Waals surface area (Å²) in [6.07, 6.45) is 3.58. The van der Waals surface area contributed by atoms with Crippen molar-refractivity contribution >= 4 is 9.84 Å². The van der Waals surface area contributed by atoms with Crippen molar-refractivity contribution in [1.82, 2.24) is 5.32 Å². The van der Waals surface area contributed by atoms with Gasteiger partial charge in [0.15, 0.2) is 0 Å². The molecule has 5 heteroatoms. The van der Waals surface area contributed by atoms with E-state index in [4.69, 9.17) is 4.74 Å². The highest BCUT2D eigenvalue weighted by Gasteiger charge is 2.08. The van der Waals surface area contributed by atoms with E-state index < -0.39 is 9.84 Å². The molecule has 1 unspecified atom stereocenters. The maximum atomic E-state index is 11.0. The summed E-state index contributed by atoms with van der Waals surface area (Å²) in [5.74, 6) is 0.204. The lowest BCUT2D eigenvalue weighted by Gasteiger charge is -2.12. The van der Waals surface area contributed by atoms with Crippen LogP contribution in [0.1, 0.15) is 33.6 Å². The van der Waals surface area contributed by atoms with Gasteiger partial charge in [-0.3, -0.25) is 0 Å². The first-order chi connectivity index (χ1) is 7.31. The molecule has 0 spiro atoms. The number of hydrogen-bond donors (Lipinski definition) is 1. The minimum absolute atomic E-state index is 0.0287. The molecule has 0 aliphatic rings. The molecule has 0 amide bonds. The second-order valence-electron chi connectivity index (χ2n) is 4.57. The van der Waals surface area contributed by atoms with E-state index in [0.29, 0.717) is 0 Å². The molecule has 0 aliphatic carbocycles. The number of rotatable bonds is 9. The molecule has 0 bridgehead atoms. The van der Waals surface area contributed by atoms with Gasteiger partial charge in [0.2, 0.25) is 0 Å². The van der Waals surface area contributed by atoms with E-state index in [-0.39, 0.29) is 17.9 Å². The van der Waals surface area contributed by atoms with E-state index in [9.17, 15) is 8.42 Å². The van der Waals surface area contributed by atoms with E-state index in [2.05, 4.69) is 5.32 Å². The van der Waals surface area contributed by atoms with E-state index in [1.165, 1.54) is 6.26 Å². The summed E-state index contributed by atoms with van der Waals surface area (Å²) in [7, 11) is -2.87. The highest BCUT2D eigenvalue weighted by Crippen LogP contribution is 1.95. The molecule has 0 radical (unpaired) electrons. The van der Waals surface area contributed by atoms with Crippen molar-refractivity contribution < 1.29 is 13.2 Å². The van der Waals surface area contributed by atoms with Gasteiger partial charge in [-0.1, -0.05) is 0 Å². The molecule has 1 atom stereocenters. The Morgan fingerprint density at radius 3 is 2.31 bits per heavy atom. The monoisotopic (exact) mass is 251 g/mol. The molecule has 0 aliphatic heterocycles. The van der Waals surface area contributed by atoms with Gasteiger partial charge in [-0.05, 0) is 40.2 Å². The highest BCUT2D eigenvalue weighted by atomic mass is 32.2. The van der Waals surface area contributed by atoms with Crippen LogP contribution in [0.15, 0.2) is 0 Å². The van der Waals surface area contributed by atoms with Crippen molar-refractivity contribution in [2.45, 2.75) is 45.8 Å². The number of nitrogens with one attached hydrogen (secondary N) is 1. The van der Waals surface area contributed by atoms with Crippen LogP contribution in [0.4, 0.5) is 0 Å². The van der Waals surface area contributed by atoms with Crippen LogP contribution in [-0.2, 0) is 14.6 Å². The van der Waals surface area contributed by atoms with Crippen molar-refractivity contribution in [3.63, 3.8) is 0 Å². The Morgan fingerprint density at radius 1 is 1.19 bits per heavy atom. The van der Waals surface area contributed by atoms with Gasteiger partial charge in [-0.25, -0.2) is 8.42 Å². The molecule has 98 valence electrons. The third kappa shape index (κ3) is 11.9. The standard InChI is InChI=1S/C11H25NO3S/c1-10(2)15-8-6-5-7-12-11(3)9-16(4,13)14/h10-12H,5-9H2,1-4H3. The molecule has 0 rings (SSSR count). The van der Waals surface area contributed by atoms with Crippen LogP contribution in [0.5, 0.6) is 0 Å². The van der Waals surface area contributed by atoms with Gasteiger partial charge in [0.25, 0.3) is 0 Å². The van der Waals surface area contributed by atoms with Crippen LogP contribution in [0.25, 0.3) is 0 Å². The largest absolute Gasteiger partial charge is 0.379 e. The summed E-state index contributed by atoms with van der Waals surface area (Å²) in [6, 6.07) is 0.0287.